The zero-order valence-electron chi connectivity index (χ0n) is 8.38. The number of urea groups is 1. The van der Waals surface area contributed by atoms with Crippen molar-refractivity contribution in [2.45, 2.75) is 0 Å². The molecule has 0 atom stereocenters. The van der Waals surface area contributed by atoms with E-state index < -0.39 is 5.97 Å². The van der Waals surface area contributed by atoms with Gasteiger partial charge in [0.15, 0.2) is 11.5 Å². The highest BCUT2D eigenvalue weighted by molar-refractivity contribution is 7.98. The van der Waals surface area contributed by atoms with Gasteiger partial charge in [-0.25, -0.2) is 20.1 Å². The molecule has 86 valence electrons. The Hall–Kier alpha value is -1.77. The standard InChI is InChI=1S/C7H9N5O3S/c1-16-3-12-7(15)11-2-8-4(6(13)14)5(11)9-10-12/h10H,2-3H2,1H3,(H,13,14). The molecule has 0 aromatic rings. The second-order valence-electron chi connectivity index (χ2n) is 3.05. The van der Waals surface area contributed by atoms with Gasteiger partial charge < -0.3 is 5.11 Å². The van der Waals surface area contributed by atoms with E-state index in [0.717, 1.165) is 0 Å². The average Bonchev–Trinajstić information content (AvgIpc) is 2.67. The summed E-state index contributed by atoms with van der Waals surface area (Å²) in [6, 6.07) is -0.348. The molecule has 16 heavy (non-hydrogen) atoms. The molecule has 0 unspecified atom stereocenters. The van der Waals surface area contributed by atoms with E-state index in [1.54, 1.807) is 0 Å². The van der Waals surface area contributed by atoms with Crippen molar-refractivity contribution in [2.24, 2.45) is 10.1 Å². The summed E-state index contributed by atoms with van der Waals surface area (Å²) in [5.41, 5.74) is 2.30. The van der Waals surface area contributed by atoms with E-state index in [0.29, 0.717) is 5.88 Å². The fraction of sp³-hybridized carbons (Fsp3) is 0.429. The molecule has 8 nitrogen and oxygen atoms in total. The summed E-state index contributed by atoms with van der Waals surface area (Å²) in [7, 11) is 0. The zero-order chi connectivity index (χ0) is 11.7. The summed E-state index contributed by atoms with van der Waals surface area (Å²) < 4.78 is 0. The summed E-state index contributed by atoms with van der Waals surface area (Å²) in [4.78, 5) is 27.5. The van der Waals surface area contributed by atoms with Crippen molar-refractivity contribution in [2.75, 3.05) is 18.8 Å². The third kappa shape index (κ3) is 1.58. The molecule has 0 radical (unpaired) electrons. The van der Waals surface area contributed by atoms with Crippen LogP contribution in [-0.4, -0.2) is 57.4 Å². The number of nitrogens with one attached hydrogen (secondary N) is 1. The number of amidine groups is 1. The molecule has 2 N–H and O–H groups in total. The summed E-state index contributed by atoms with van der Waals surface area (Å²) in [6.07, 6.45) is 1.84. The highest BCUT2D eigenvalue weighted by Crippen LogP contribution is 2.13. The summed E-state index contributed by atoms with van der Waals surface area (Å²) in [6.45, 7) is 0.00581. The second-order valence-corrected chi connectivity index (χ2v) is 3.88. The minimum atomic E-state index is -1.19. The SMILES string of the molecule is CSCN1NN=C2C(C(=O)O)=NCN2C1=O. The normalized spacial score (nSPS) is 18.9. The van der Waals surface area contributed by atoms with E-state index in [2.05, 4.69) is 15.6 Å². The highest BCUT2D eigenvalue weighted by Gasteiger charge is 2.38. The maximum Gasteiger partial charge on any atom is 0.358 e. The predicted octanol–water partition coefficient (Wildman–Crippen LogP) is -0.641. The maximum absolute atomic E-state index is 11.8. The van der Waals surface area contributed by atoms with Gasteiger partial charge >= 0.3 is 12.0 Å². The molecule has 0 bridgehead atoms. The number of rotatable bonds is 3. The number of amides is 2. The van der Waals surface area contributed by atoms with Crippen molar-refractivity contribution in [1.82, 2.24) is 15.4 Å². The average molecular weight is 243 g/mol. The van der Waals surface area contributed by atoms with Crippen molar-refractivity contribution in [3.8, 4) is 0 Å². The summed E-state index contributed by atoms with van der Waals surface area (Å²) in [5.74, 6) is -0.696. The van der Waals surface area contributed by atoms with E-state index in [1.807, 2.05) is 6.26 Å². The Morgan fingerprint density at radius 1 is 1.69 bits per heavy atom. The smallest absolute Gasteiger partial charge is 0.358 e. The molecule has 0 aromatic heterocycles. The molecule has 2 aliphatic heterocycles. The van der Waals surface area contributed by atoms with Crippen LogP contribution in [0.4, 0.5) is 4.79 Å². The molecule has 0 saturated heterocycles. The number of aliphatic carboxylic acids is 1. The number of fused-ring (bicyclic) bond motifs is 1. The fourth-order valence-electron chi connectivity index (χ4n) is 1.34. The Bertz CT molecular complexity index is 407. The van der Waals surface area contributed by atoms with Gasteiger partial charge in [0.05, 0.1) is 5.88 Å². The lowest BCUT2D eigenvalue weighted by Gasteiger charge is -2.30. The molecule has 2 amide bonds. The second kappa shape index (κ2) is 4.00. The summed E-state index contributed by atoms with van der Waals surface area (Å²) >= 11 is 1.45. The van der Waals surface area contributed by atoms with Gasteiger partial charge in [0.25, 0.3) is 0 Å². The predicted molar refractivity (Wildman–Crippen MR) is 58.0 cm³/mol. The lowest BCUT2D eigenvalue weighted by molar-refractivity contribution is -0.129. The van der Waals surface area contributed by atoms with Gasteiger partial charge in [0.2, 0.25) is 0 Å². The van der Waals surface area contributed by atoms with Gasteiger partial charge in [0.1, 0.15) is 6.67 Å². The van der Waals surface area contributed by atoms with Crippen molar-refractivity contribution >= 4 is 35.3 Å². The number of carboxylic acid groups (broad SMARTS) is 1. The molecule has 0 fully saturated rings. The molecule has 0 aromatic carbocycles. The molecule has 0 aliphatic carbocycles. The number of aliphatic imine (C=N–C) groups is 1. The van der Waals surface area contributed by atoms with Crippen molar-refractivity contribution in [1.29, 1.82) is 0 Å². The van der Waals surface area contributed by atoms with Gasteiger partial charge in [-0.05, 0) is 6.26 Å². The molecular formula is C7H9N5O3S. The first kappa shape index (κ1) is 10.7. The minimum absolute atomic E-state index is 0.00581. The van der Waals surface area contributed by atoms with E-state index in [4.69, 9.17) is 5.11 Å². The Balaban J connectivity index is 2.21. The third-order valence-electron chi connectivity index (χ3n) is 2.04. The van der Waals surface area contributed by atoms with Crippen LogP contribution in [0.1, 0.15) is 0 Å². The third-order valence-corrected chi connectivity index (χ3v) is 2.55. The fourth-order valence-corrected chi connectivity index (χ4v) is 1.77. The van der Waals surface area contributed by atoms with Crippen LogP contribution in [0.25, 0.3) is 0 Å². The van der Waals surface area contributed by atoms with Crippen LogP contribution < -0.4 is 5.53 Å². The number of hydrogen-bond donors (Lipinski definition) is 2. The van der Waals surface area contributed by atoms with Crippen LogP contribution >= 0.6 is 11.8 Å². The van der Waals surface area contributed by atoms with Gasteiger partial charge in [-0.2, -0.15) is 0 Å². The largest absolute Gasteiger partial charge is 0.476 e. The topological polar surface area (TPSA) is 97.6 Å². The Morgan fingerprint density at radius 2 is 2.44 bits per heavy atom. The van der Waals surface area contributed by atoms with E-state index in [1.165, 1.54) is 21.7 Å². The van der Waals surface area contributed by atoms with Crippen LogP contribution in [0.3, 0.4) is 0 Å². The van der Waals surface area contributed by atoms with Crippen LogP contribution in [0.15, 0.2) is 10.1 Å². The van der Waals surface area contributed by atoms with Gasteiger partial charge in [-0.1, -0.05) is 0 Å². The molecule has 0 spiro atoms. The minimum Gasteiger partial charge on any atom is -0.476 e. The number of carbonyl (C=O) groups is 2. The van der Waals surface area contributed by atoms with Crippen LogP contribution in [0.2, 0.25) is 0 Å². The Morgan fingerprint density at radius 3 is 3.06 bits per heavy atom. The molecule has 0 saturated carbocycles. The number of carboxylic acids is 1. The van der Waals surface area contributed by atoms with Crippen molar-refractivity contribution in [3.63, 3.8) is 0 Å². The van der Waals surface area contributed by atoms with Crippen molar-refractivity contribution < 1.29 is 14.7 Å². The first-order valence-electron chi connectivity index (χ1n) is 4.34. The number of carbonyl (C=O) groups excluding carboxylic acids is 1. The van der Waals surface area contributed by atoms with E-state index >= 15 is 0 Å². The van der Waals surface area contributed by atoms with Crippen LogP contribution in [0, 0.1) is 0 Å². The zero-order valence-corrected chi connectivity index (χ0v) is 9.19. The highest BCUT2D eigenvalue weighted by atomic mass is 32.2. The van der Waals surface area contributed by atoms with Gasteiger partial charge in [0, 0.05) is 0 Å². The Kier molecular flexibility index (Phi) is 2.69. The van der Waals surface area contributed by atoms with Gasteiger partial charge in [-0.15, -0.1) is 16.9 Å². The molecular weight excluding hydrogens is 234 g/mol. The summed E-state index contributed by atoms with van der Waals surface area (Å²) in [5, 5.41) is 13.9. The number of thioether (sulfide) groups is 1. The number of hydrazine groups is 1. The quantitative estimate of drug-likeness (QED) is 0.687. The number of hydrogen-bond acceptors (Lipinski definition) is 6. The molecule has 2 aliphatic rings. The van der Waals surface area contributed by atoms with Crippen molar-refractivity contribution in [3.05, 3.63) is 0 Å². The first-order valence-corrected chi connectivity index (χ1v) is 5.74. The lowest BCUT2D eigenvalue weighted by Crippen LogP contribution is -2.55. The number of hydrazone groups is 1. The van der Waals surface area contributed by atoms with E-state index in [-0.39, 0.29) is 24.2 Å². The molecule has 9 heteroatoms. The first-order chi connectivity index (χ1) is 7.65. The maximum atomic E-state index is 11.8. The Labute approximate surface area is 95.0 Å². The van der Waals surface area contributed by atoms with Crippen LogP contribution in [-0.2, 0) is 4.79 Å². The van der Waals surface area contributed by atoms with Gasteiger partial charge in [-0.3, -0.25) is 9.89 Å². The number of nitrogens with zero attached hydrogens (tertiary/aromatic N) is 4. The molecule has 2 rings (SSSR count). The lowest BCUT2D eigenvalue weighted by atomic mass is 10.3. The van der Waals surface area contributed by atoms with Crippen LogP contribution in [0.5, 0.6) is 0 Å². The monoisotopic (exact) mass is 243 g/mol. The van der Waals surface area contributed by atoms with E-state index in [9.17, 15) is 9.59 Å². The molecule has 2 heterocycles.